The highest BCUT2D eigenvalue weighted by molar-refractivity contribution is 6.31. The lowest BCUT2D eigenvalue weighted by molar-refractivity contribution is 0.626. The van der Waals surface area contributed by atoms with Gasteiger partial charge in [0.15, 0.2) is 0 Å². The molecule has 0 bridgehead atoms. The minimum absolute atomic E-state index is 0.0744. The highest BCUT2D eigenvalue weighted by atomic mass is 35.5. The zero-order chi connectivity index (χ0) is 14.5. The Labute approximate surface area is 126 Å². The van der Waals surface area contributed by atoms with E-state index in [9.17, 15) is 4.39 Å². The number of hydrogen-bond acceptors (Lipinski definition) is 4. The molecule has 0 radical (unpaired) electrons. The third-order valence-corrected chi connectivity index (χ3v) is 3.12. The van der Waals surface area contributed by atoms with Gasteiger partial charge in [0.05, 0.1) is 0 Å². The number of benzene rings is 1. The smallest absolute Gasteiger partial charge is 0.230 e. The monoisotopic (exact) mass is 314 g/mol. The Morgan fingerprint density at radius 3 is 2.25 bits per heavy atom. The summed E-state index contributed by atoms with van der Waals surface area (Å²) in [7, 11) is 1.85. The maximum Gasteiger partial charge on any atom is 0.230 e. The molecule has 0 unspecified atom stereocenters. The van der Waals surface area contributed by atoms with Crippen molar-refractivity contribution in [3.63, 3.8) is 0 Å². The van der Waals surface area contributed by atoms with Crippen molar-refractivity contribution >= 4 is 29.2 Å². The van der Waals surface area contributed by atoms with Gasteiger partial charge in [0, 0.05) is 13.6 Å². The van der Waals surface area contributed by atoms with Gasteiger partial charge in [-0.25, -0.2) is 4.39 Å². The topological polar surface area (TPSA) is 41.9 Å². The second kappa shape index (κ2) is 6.81. The molecule has 0 saturated carbocycles. The van der Waals surface area contributed by atoms with Crippen molar-refractivity contribution in [2.24, 2.45) is 0 Å². The quantitative estimate of drug-likeness (QED) is 0.848. The van der Waals surface area contributed by atoms with Crippen molar-refractivity contribution in [2.45, 2.75) is 12.8 Å². The standard InChI is InChI=1S/C13H13Cl2FN4/c1-20(13-18-11(14)17-12(15)19-13)8-2-3-9-4-6-10(16)7-5-9/h4-7H,2-3,8H2,1H3. The molecular weight excluding hydrogens is 302 g/mol. The maximum atomic E-state index is 12.8. The van der Waals surface area contributed by atoms with Crippen molar-refractivity contribution in [1.82, 2.24) is 15.0 Å². The summed E-state index contributed by atoms with van der Waals surface area (Å²) in [6.45, 7) is 0.730. The average molecular weight is 315 g/mol. The van der Waals surface area contributed by atoms with E-state index < -0.39 is 0 Å². The van der Waals surface area contributed by atoms with Gasteiger partial charge in [0.2, 0.25) is 16.5 Å². The van der Waals surface area contributed by atoms with Crippen LogP contribution in [-0.4, -0.2) is 28.5 Å². The summed E-state index contributed by atoms with van der Waals surface area (Å²) in [6, 6.07) is 6.49. The van der Waals surface area contributed by atoms with Crippen LogP contribution in [0.3, 0.4) is 0 Å². The first-order chi connectivity index (χ1) is 9.54. The number of anilines is 1. The normalized spacial score (nSPS) is 10.6. The molecule has 0 aliphatic heterocycles. The molecule has 2 rings (SSSR count). The van der Waals surface area contributed by atoms with E-state index in [0.29, 0.717) is 5.95 Å². The summed E-state index contributed by atoms with van der Waals surface area (Å²) in [5, 5.41) is 0.149. The van der Waals surface area contributed by atoms with E-state index in [2.05, 4.69) is 15.0 Å². The number of aryl methyl sites for hydroxylation is 1. The molecule has 0 aliphatic rings. The van der Waals surface area contributed by atoms with E-state index in [1.165, 1.54) is 12.1 Å². The number of hydrogen-bond donors (Lipinski definition) is 0. The van der Waals surface area contributed by atoms with E-state index >= 15 is 0 Å². The van der Waals surface area contributed by atoms with Crippen LogP contribution in [0.2, 0.25) is 10.6 Å². The first-order valence-corrected chi connectivity index (χ1v) is 6.83. The van der Waals surface area contributed by atoms with E-state index in [4.69, 9.17) is 23.2 Å². The van der Waals surface area contributed by atoms with Crippen molar-refractivity contribution in [1.29, 1.82) is 0 Å². The number of halogens is 3. The van der Waals surface area contributed by atoms with Gasteiger partial charge in [-0.3, -0.25) is 0 Å². The van der Waals surface area contributed by atoms with Crippen LogP contribution in [0.4, 0.5) is 10.3 Å². The summed E-state index contributed by atoms with van der Waals surface area (Å²) in [5.41, 5.74) is 1.09. The summed E-state index contributed by atoms with van der Waals surface area (Å²) in [5.74, 6) is 0.217. The van der Waals surface area contributed by atoms with E-state index in [1.807, 2.05) is 11.9 Å². The second-order valence-electron chi connectivity index (χ2n) is 4.33. The third kappa shape index (κ3) is 4.28. The van der Waals surface area contributed by atoms with Crippen LogP contribution < -0.4 is 4.90 Å². The molecule has 0 fully saturated rings. The molecule has 0 atom stereocenters. The molecular formula is C13H13Cl2FN4. The average Bonchev–Trinajstić information content (AvgIpc) is 2.40. The highest BCUT2D eigenvalue weighted by Crippen LogP contribution is 2.13. The Balaban J connectivity index is 1.88. The molecule has 1 heterocycles. The van der Waals surface area contributed by atoms with Crippen LogP contribution in [0.5, 0.6) is 0 Å². The number of aromatic nitrogens is 3. The van der Waals surface area contributed by atoms with Crippen molar-refractivity contribution in [3.05, 3.63) is 46.2 Å². The molecule has 2 aromatic rings. The summed E-state index contributed by atoms with van der Waals surface area (Å²) in [4.78, 5) is 13.6. The predicted molar refractivity (Wildman–Crippen MR) is 77.8 cm³/mol. The Bertz CT molecular complexity index is 557. The van der Waals surface area contributed by atoms with Crippen LogP contribution in [0.25, 0.3) is 0 Å². The van der Waals surface area contributed by atoms with Gasteiger partial charge < -0.3 is 4.90 Å². The lowest BCUT2D eigenvalue weighted by atomic mass is 10.1. The molecule has 0 amide bonds. The zero-order valence-electron chi connectivity index (χ0n) is 10.9. The molecule has 20 heavy (non-hydrogen) atoms. The summed E-state index contributed by atoms with van der Waals surface area (Å²) >= 11 is 11.5. The van der Waals surface area contributed by atoms with Gasteiger partial charge in [-0.1, -0.05) is 12.1 Å². The Hall–Kier alpha value is -1.46. The Morgan fingerprint density at radius 2 is 1.65 bits per heavy atom. The molecule has 4 nitrogen and oxygen atoms in total. The predicted octanol–water partition coefficient (Wildman–Crippen LogP) is 3.39. The molecule has 0 N–H and O–H groups in total. The summed E-state index contributed by atoms with van der Waals surface area (Å²) in [6.07, 6.45) is 1.72. The number of rotatable bonds is 5. The van der Waals surface area contributed by atoms with Gasteiger partial charge in [-0.2, -0.15) is 15.0 Å². The lowest BCUT2D eigenvalue weighted by Gasteiger charge is -2.16. The van der Waals surface area contributed by atoms with Gasteiger partial charge in [-0.15, -0.1) is 0 Å². The van der Waals surface area contributed by atoms with Crippen LogP contribution in [0.1, 0.15) is 12.0 Å². The van der Waals surface area contributed by atoms with Gasteiger partial charge in [0.1, 0.15) is 5.82 Å². The highest BCUT2D eigenvalue weighted by Gasteiger charge is 2.08. The lowest BCUT2D eigenvalue weighted by Crippen LogP contribution is -2.21. The Kier molecular flexibility index (Phi) is 5.09. The van der Waals surface area contributed by atoms with Crippen LogP contribution >= 0.6 is 23.2 Å². The van der Waals surface area contributed by atoms with Gasteiger partial charge >= 0.3 is 0 Å². The summed E-state index contributed by atoms with van der Waals surface area (Å²) < 4.78 is 12.8. The molecule has 106 valence electrons. The van der Waals surface area contributed by atoms with Crippen molar-refractivity contribution < 1.29 is 4.39 Å². The fourth-order valence-electron chi connectivity index (χ4n) is 1.76. The van der Waals surface area contributed by atoms with Gasteiger partial charge in [-0.05, 0) is 53.7 Å². The van der Waals surface area contributed by atoms with Crippen LogP contribution in [0, 0.1) is 5.82 Å². The van der Waals surface area contributed by atoms with Crippen molar-refractivity contribution in [3.8, 4) is 0 Å². The van der Waals surface area contributed by atoms with E-state index in [1.54, 1.807) is 12.1 Å². The van der Waals surface area contributed by atoms with Crippen molar-refractivity contribution in [2.75, 3.05) is 18.5 Å². The van der Waals surface area contributed by atoms with Gasteiger partial charge in [0.25, 0.3) is 0 Å². The molecule has 0 aliphatic carbocycles. The maximum absolute atomic E-state index is 12.8. The number of nitrogens with zero attached hydrogens (tertiary/aromatic N) is 4. The van der Waals surface area contributed by atoms with Crippen LogP contribution in [-0.2, 0) is 6.42 Å². The molecule has 1 aromatic carbocycles. The molecule has 7 heteroatoms. The minimum Gasteiger partial charge on any atom is -0.344 e. The fourth-order valence-corrected chi connectivity index (χ4v) is 2.11. The molecule has 0 spiro atoms. The third-order valence-electron chi connectivity index (χ3n) is 2.78. The van der Waals surface area contributed by atoms with E-state index in [-0.39, 0.29) is 16.4 Å². The fraction of sp³-hybridized carbons (Fsp3) is 0.308. The van der Waals surface area contributed by atoms with Crippen LogP contribution in [0.15, 0.2) is 24.3 Å². The van der Waals surface area contributed by atoms with E-state index in [0.717, 1.165) is 24.9 Å². The second-order valence-corrected chi connectivity index (χ2v) is 5.00. The first-order valence-electron chi connectivity index (χ1n) is 6.07. The first kappa shape index (κ1) is 14.9. The molecule has 0 saturated heterocycles. The SMILES string of the molecule is CN(CCCc1ccc(F)cc1)c1nc(Cl)nc(Cl)n1. The minimum atomic E-state index is -0.222. The largest absolute Gasteiger partial charge is 0.344 e. The Morgan fingerprint density at radius 1 is 1.05 bits per heavy atom. The molecule has 1 aromatic heterocycles. The zero-order valence-corrected chi connectivity index (χ0v) is 12.4.